The van der Waals surface area contributed by atoms with E-state index in [0.29, 0.717) is 45.8 Å². The first kappa shape index (κ1) is 17.4. The summed E-state index contributed by atoms with van der Waals surface area (Å²) < 4.78 is 10.8. The highest BCUT2D eigenvalue weighted by Gasteiger charge is 2.28. The van der Waals surface area contributed by atoms with Crippen LogP contribution in [-0.4, -0.2) is 54.3 Å². The molecule has 6 heteroatoms. The molecule has 0 aliphatic carbocycles. The van der Waals surface area contributed by atoms with Gasteiger partial charge in [0.2, 0.25) is 5.91 Å². The Bertz CT molecular complexity index is 505. The molecule has 1 aliphatic heterocycles. The lowest BCUT2D eigenvalue weighted by atomic mass is 10.1. The number of ether oxygens (including phenoxy) is 2. The normalized spacial score (nSPS) is 17.9. The fourth-order valence-corrected chi connectivity index (χ4v) is 2.59. The Morgan fingerprint density at radius 2 is 2.09 bits per heavy atom. The summed E-state index contributed by atoms with van der Waals surface area (Å²) in [6.45, 7) is 2.26. The molecule has 0 aromatic heterocycles. The zero-order valence-corrected chi connectivity index (χ0v) is 13.1. The first-order valence-corrected chi connectivity index (χ1v) is 7.87. The number of amides is 1. The zero-order chi connectivity index (χ0) is 16.5. The van der Waals surface area contributed by atoms with Gasteiger partial charge in [0.1, 0.15) is 0 Å². The topological polar surface area (TPSA) is 76.1 Å². The van der Waals surface area contributed by atoms with E-state index in [9.17, 15) is 9.59 Å². The van der Waals surface area contributed by atoms with Gasteiger partial charge in [0.05, 0.1) is 32.3 Å². The van der Waals surface area contributed by atoms with Crippen molar-refractivity contribution in [2.24, 2.45) is 0 Å². The van der Waals surface area contributed by atoms with Crippen LogP contribution in [0.4, 0.5) is 0 Å². The van der Waals surface area contributed by atoms with Gasteiger partial charge in [0, 0.05) is 19.6 Å². The SMILES string of the molecule is O=C(O)CC1COCCN1C(=O)CCCOCc1ccccc1. The van der Waals surface area contributed by atoms with Crippen molar-refractivity contribution in [3.63, 3.8) is 0 Å². The Morgan fingerprint density at radius 3 is 2.83 bits per heavy atom. The predicted molar refractivity (Wildman–Crippen MR) is 83.9 cm³/mol. The lowest BCUT2D eigenvalue weighted by molar-refractivity contribution is -0.146. The molecule has 1 N–H and O–H groups in total. The number of hydrogen-bond donors (Lipinski definition) is 1. The van der Waals surface area contributed by atoms with Crippen molar-refractivity contribution in [1.82, 2.24) is 4.90 Å². The van der Waals surface area contributed by atoms with Crippen LogP contribution in [0.25, 0.3) is 0 Å². The number of aliphatic carboxylic acids is 1. The summed E-state index contributed by atoms with van der Waals surface area (Å²) >= 11 is 0. The average Bonchev–Trinajstić information content (AvgIpc) is 2.55. The molecule has 1 amide bonds. The lowest BCUT2D eigenvalue weighted by Crippen LogP contribution is -2.49. The second kappa shape index (κ2) is 9.27. The molecule has 0 saturated carbocycles. The molecular formula is C17H23NO5. The summed E-state index contributed by atoms with van der Waals surface area (Å²) in [7, 11) is 0. The van der Waals surface area contributed by atoms with Crippen molar-refractivity contribution < 1.29 is 24.2 Å². The molecule has 1 aliphatic rings. The molecule has 1 unspecified atom stereocenters. The monoisotopic (exact) mass is 321 g/mol. The Kier molecular flexibility index (Phi) is 7.03. The number of carboxylic acid groups (broad SMARTS) is 1. The van der Waals surface area contributed by atoms with E-state index in [1.807, 2.05) is 30.3 Å². The van der Waals surface area contributed by atoms with Crippen LogP contribution in [0.15, 0.2) is 30.3 Å². The van der Waals surface area contributed by atoms with Crippen molar-refractivity contribution in [1.29, 1.82) is 0 Å². The number of rotatable bonds is 8. The van der Waals surface area contributed by atoms with Crippen molar-refractivity contribution in [3.05, 3.63) is 35.9 Å². The van der Waals surface area contributed by atoms with Crippen LogP contribution in [0.2, 0.25) is 0 Å². The number of morpholine rings is 1. The summed E-state index contributed by atoms with van der Waals surface area (Å²) in [4.78, 5) is 24.7. The molecule has 1 heterocycles. The molecule has 1 saturated heterocycles. The van der Waals surface area contributed by atoms with Gasteiger partial charge in [-0.15, -0.1) is 0 Å². The molecule has 0 spiro atoms. The molecule has 1 aromatic carbocycles. The number of carboxylic acids is 1. The molecule has 1 fully saturated rings. The van der Waals surface area contributed by atoms with Gasteiger partial charge in [-0.3, -0.25) is 9.59 Å². The number of carbonyl (C=O) groups is 2. The van der Waals surface area contributed by atoms with Gasteiger partial charge < -0.3 is 19.5 Å². The van der Waals surface area contributed by atoms with Crippen LogP contribution in [0.5, 0.6) is 0 Å². The average molecular weight is 321 g/mol. The molecule has 0 radical (unpaired) electrons. The first-order chi connectivity index (χ1) is 11.2. The third-order valence-electron chi connectivity index (χ3n) is 3.75. The van der Waals surface area contributed by atoms with Gasteiger partial charge in [0.25, 0.3) is 0 Å². The standard InChI is InChI=1S/C17H23NO5/c19-16(18-8-10-23-13-15(18)11-17(20)21)7-4-9-22-12-14-5-2-1-3-6-14/h1-3,5-6,15H,4,7-13H2,(H,20,21). The van der Waals surface area contributed by atoms with Gasteiger partial charge in [-0.1, -0.05) is 30.3 Å². The maximum atomic E-state index is 12.2. The van der Waals surface area contributed by atoms with E-state index < -0.39 is 5.97 Å². The van der Waals surface area contributed by atoms with Gasteiger partial charge >= 0.3 is 5.97 Å². The van der Waals surface area contributed by atoms with E-state index in [4.69, 9.17) is 14.6 Å². The van der Waals surface area contributed by atoms with Gasteiger partial charge in [0.15, 0.2) is 0 Å². The van der Waals surface area contributed by atoms with E-state index in [0.717, 1.165) is 5.56 Å². The highest BCUT2D eigenvalue weighted by Crippen LogP contribution is 2.13. The molecule has 6 nitrogen and oxygen atoms in total. The van der Waals surface area contributed by atoms with Crippen molar-refractivity contribution in [3.8, 4) is 0 Å². The largest absolute Gasteiger partial charge is 0.481 e. The zero-order valence-electron chi connectivity index (χ0n) is 13.1. The number of benzene rings is 1. The van der Waals surface area contributed by atoms with Crippen LogP contribution in [0, 0.1) is 0 Å². The van der Waals surface area contributed by atoms with E-state index >= 15 is 0 Å². The van der Waals surface area contributed by atoms with Gasteiger partial charge in [-0.05, 0) is 12.0 Å². The van der Waals surface area contributed by atoms with Crippen LogP contribution >= 0.6 is 0 Å². The second-order valence-electron chi connectivity index (χ2n) is 5.56. The molecule has 23 heavy (non-hydrogen) atoms. The van der Waals surface area contributed by atoms with Crippen molar-refractivity contribution in [2.75, 3.05) is 26.4 Å². The maximum absolute atomic E-state index is 12.2. The summed E-state index contributed by atoms with van der Waals surface area (Å²) in [5, 5.41) is 8.91. The molecule has 1 aromatic rings. The van der Waals surface area contributed by atoms with E-state index in [1.165, 1.54) is 0 Å². The number of carbonyl (C=O) groups excluding carboxylic acids is 1. The fourth-order valence-electron chi connectivity index (χ4n) is 2.59. The van der Waals surface area contributed by atoms with Gasteiger partial charge in [-0.2, -0.15) is 0 Å². The fraction of sp³-hybridized carbons (Fsp3) is 0.529. The Balaban J connectivity index is 1.67. The number of hydrogen-bond acceptors (Lipinski definition) is 4. The summed E-state index contributed by atoms with van der Waals surface area (Å²) in [5.41, 5.74) is 1.11. The third kappa shape index (κ3) is 6.00. The van der Waals surface area contributed by atoms with Gasteiger partial charge in [-0.25, -0.2) is 0 Å². The summed E-state index contributed by atoms with van der Waals surface area (Å²) in [5.74, 6) is -0.938. The van der Waals surface area contributed by atoms with Crippen molar-refractivity contribution >= 4 is 11.9 Å². The number of nitrogens with zero attached hydrogens (tertiary/aromatic N) is 1. The minimum absolute atomic E-state index is 0.0251. The van der Waals surface area contributed by atoms with Crippen molar-refractivity contribution in [2.45, 2.75) is 31.9 Å². The summed E-state index contributed by atoms with van der Waals surface area (Å²) in [6.07, 6.45) is 0.921. The van der Waals surface area contributed by atoms with Crippen LogP contribution in [0.3, 0.4) is 0 Å². The first-order valence-electron chi connectivity index (χ1n) is 7.87. The third-order valence-corrected chi connectivity index (χ3v) is 3.75. The van der Waals surface area contributed by atoms with Crippen LogP contribution in [0.1, 0.15) is 24.8 Å². The van der Waals surface area contributed by atoms with E-state index in [1.54, 1.807) is 4.90 Å². The smallest absolute Gasteiger partial charge is 0.305 e. The second-order valence-corrected chi connectivity index (χ2v) is 5.56. The highest BCUT2D eigenvalue weighted by molar-refractivity contribution is 5.77. The maximum Gasteiger partial charge on any atom is 0.305 e. The van der Waals surface area contributed by atoms with E-state index in [-0.39, 0.29) is 18.4 Å². The molecule has 1 atom stereocenters. The quantitative estimate of drug-likeness (QED) is 0.737. The Hall–Kier alpha value is -1.92. The summed E-state index contributed by atoms with van der Waals surface area (Å²) in [6, 6.07) is 9.51. The lowest BCUT2D eigenvalue weighted by Gasteiger charge is -2.35. The predicted octanol–water partition coefficient (Wildman–Crippen LogP) is 1.69. The Labute approximate surface area is 136 Å². The molecule has 0 bridgehead atoms. The molecular weight excluding hydrogens is 298 g/mol. The molecule has 126 valence electrons. The molecule has 2 rings (SSSR count). The minimum Gasteiger partial charge on any atom is -0.481 e. The minimum atomic E-state index is -0.913. The highest BCUT2D eigenvalue weighted by atomic mass is 16.5. The van der Waals surface area contributed by atoms with Crippen LogP contribution in [-0.2, 0) is 25.7 Å². The van der Waals surface area contributed by atoms with Crippen LogP contribution < -0.4 is 0 Å². The van der Waals surface area contributed by atoms with E-state index in [2.05, 4.69) is 0 Å². The Morgan fingerprint density at radius 1 is 1.30 bits per heavy atom.